The van der Waals surface area contributed by atoms with Crippen LogP contribution in [0, 0.1) is 5.92 Å². The van der Waals surface area contributed by atoms with Gasteiger partial charge in [-0.15, -0.1) is 0 Å². The Morgan fingerprint density at radius 1 is 1.09 bits per heavy atom. The molecule has 1 N–H and O–H groups in total. The lowest BCUT2D eigenvalue weighted by molar-refractivity contribution is -0.120. The maximum absolute atomic E-state index is 12.6. The molecule has 0 saturated carbocycles. The summed E-state index contributed by atoms with van der Waals surface area (Å²) in [5.74, 6) is -0.818. The summed E-state index contributed by atoms with van der Waals surface area (Å²) in [6, 6.07) is 3.68. The predicted molar refractivity (Wildman–Crippen MR) is 80.0 cm³/mol. The van der Waals surface area contributed by atoms with Gasteiger partial charge in [-0.25, -0.2) is 9.69 Å². The fourth-order valence-electron chi connectivity index (χ4n) is 3.51. The first-order valence-corrected chi connectivity index (χ1v) is 7.61. The number of amides is 5. The minimum absolute atomic E-state index is 0.200. The van der Waals surface area contributed by atoms with E-state index in [1.807, 2.05) is 0 Å². The van der Waals surface area contributed by atoms with Gasteiger partial charge in [0.25, 0.3) is 17.7 Å². The first kappa shape index (κ1) is 13.9. The molecule has 2 atom stereocenters. The molecule has 1 aromatic rings. The monoisotopic (exact) mass is 313 g/mol. The number of urea groups is 1. The highest BCUT2D eigenvalue weighted by molar-refractivity contribution is 6.24. The van der Waals surface area contributed by atoms with E-state index in [4.69, 9.17) is 0 Å². The van der Waals surface area contributed by atoms with Crippen LogP contribution in [-0.2, 0) is 4.79 Å². The van der Waals surface area contributed by atoms with Crippen molar-refractivity contribution >= 4 is 29.4 Å². The molecular formula is C16H15N3O4. The van der Waals surface area contributed by atoms with E-state index in [9.17, 15) is 19.2 Å². The van der Waals surface area contributed by atoms with Crippen molar-refractivity contribution in [1.29, 1.82) is 0 Å². The number of piperidine rings is 1. The van der Waals surface area contributed by atoms with Gasteiger partial charge in [-0.2, -0.15) is 0 Å². The van der Waals surface area contributed by atoms with Gasteiger partial charge in [-0.3, -0.25) is 19.7 Å². The molecule has 4 rings (SSSR count). The van der Waals surface area contributed by atoms with Gasteiger partial charge in [0.1, 0.15) is 6.04 Å². The molecule has 0 bridgehead atoms. The highest BCUT2D eigenvalue weighted by atomic mass is 16.2. The van der Waals surface area contributed by atoms with Crippen molar-refractivity contribution in [2.24, 2.45) is 5.92 Å². The van der Waals surface area contributed by atoms with Crippen LogP contribution in [0.25, 0.3) is 0 Å². The molecule has 2 unspecified atom stereocenters. The fourth-order valence-corrected chi connectivity index (χ4v) is 3.51. The molecule has 118 valence electrons. The quantitative estimate of drug-likeness (QED) is 0.622. The van der Waals surface area contributed by atoms with E-state index in [2.05, 4.69) is 12.2 Å². The number of hydrogen-bond donors (Lipinski definition) is 1. The van der Waals surface area contributed by atoms with Crippen LogP contribution in [0.15, 0.2) is 18.2 Å². The lowest BCUT2D eigenvalue weighted by atomic mass is 9.93. The Balaban J connectivity index is 1.73. The van der Waals surface area contributed by atoms with Crippen LogP contribution >= 0.6 is 0 Å². The third-order valence-electron chi connectivity index (χ3n) is 4.78. The Bertz CT molecular complexity index is 773. The third-order valence-corrected chi connectivity index (χ3v) is 4.78. The van der Waals surface area contributed by atoms with Crippen LogP contribution in [0.4, 0.5) is 10.5 Å². The second-order valence-corrected chi connectivity index (χ2v) is 6.31. The summed E-state index contributed by atoms with van der Waals surface area (Å²) in [6.45, 7) is 2.64. The summed E-state index contributed by atoms with van der Waals surface area (Å²) in [6.07, 6.45) is 1.54. The number of nitrogens with one attached hydrogen (secondary N) is 1. The van der Waals surface area contributed by atoms with E-state index in [0.717, 1.165) is 11.3 Å². The molecule has 2 saturated heterocycles. The molecular weight excluding hydrogens is 298 g/mol. The van der Waals surface area contributed by atoms with E-state index < -0.39 is 17.9 Å². The number of fused-ring (bicyclic) bond motifs is 2. The van der Waals surface area contributed by atoms with Crippen LogP contribution in [0.1, 0.15) is 40.5 Å². The number of hydrogen-bond acceptors (Lipinski definition) is 4. The Labute approximate surface area is 132 Å². The van der Waals surface area contributed by atoms with Crippen LogP contribution in [0.3, 0.4) is 0 Å². The summed E-state index contributed by atoms with van der Waals surface area (Å²) in [4.78, 5) is 51.3. The van der Waals surface area contributed by atoms with Gasteiger partial charge in [-0.05, 0) is 37.0 Å². The lowest BCUT2D eigenvalue weighted by Crippen LogP contribution is -2.41. The van der Waals surface area contributed by atoms with Crippen molar-refractivity contribution in [2.45, 2.75) is 25.8 Å². The second-order valence-electron chi connectivity index (χ2n) is 6.31. The topological polar surface area (TPSA) is 86.8 Å². The van der Waals surface area contributed by atoms with Crippen LogP contribution in [-0.4, -0.2) is 41.2 Å². The number of carbonyl (C=O) groups is 4. The van der Waals surface area contributed by atoms with Crippen molar-refractivity contribution < 1.29 is 19.2 Å². The van der Waals surface area contributed by atoms with Crippen LogP contribution in [0.5, 0.6) is 0 Å². The number of benzene rings is 1. The standard InChI is InChI=1S/C16H15N3O4/c1-8-4-5-18-12(6-8)15(22)19(16(18)23)9-2-3-10-11(7-9)14(21)17-13(10)20/h2-3,7-8,12H,4-6H2,1H3,(H,17,20,21). The predicted octanol–water partition coefficient (Wildman–Crippen LogP) is 1.14. The molecule has 1 aromatic carbocycles. The van der Waals surface area contributed by atoms with Gasteiger partial charge < -0.3 is 4.90 Å². The lowest BCUT2D eigenvalue weighted by Gasteiger charge is -2.30. The summed E-state index contributed by atoms with van der Waals surface area (Å²) >= 11 is 0. The van der Waals surface area contributed by atoms with Crippen molar-refractivity contribution in [3.05, 3.63) is 29.3 Å². The van der Waals surface area contributed by atoms with Gasteiger partial charge in [0.05, 0.1) is 16.8 Å². The molecule has 5 amide bonds. The molecule has 2 fully saturated rings. The van der Waals surface area contributed by atoms with E-state index in [1.54, 1.807) is 4.90 Å². The van der Waals surface area contributed by atoms with E-state index in [-0.39, 0.29) is 23.1 Å². The molecule has 0 aliphatic carbocycles. The average molecular weight is 313 g/mol. The zero-order chi connectivity index (χ0) is 16.3. The molecule has 3 aliphatic rings. The van der Waals surface area contributed by atoms with E-state index in [0.29, 0.717) is 24.6 Å². The molecule has 0 radical (unpaired) electrons. The highest BCUT2D eigenvalue weighted by Gasteiger charge is 2.48. The number of rotatable bonds is 1. The smallest absolute Gasteiger partial charge is 0.312 e. The number of anilines is 1. The Morgan fingerprint density at radius 3 is 2.61 bits per heavy atom. The molecule has 23 heavy (non-hydrogen) atoms. The maximum atomic E-state index is 12.6. The molecule has 7 nitrogen and oxygen atoms in total. The molecule has 7 heteroatoms. The number of carbonyl (C=O) groups excluding carboxylic acids is 4. The van der Waals surface area contributed by atoms with Crippen molar-refractivity contribution in [3.63, 3.8) is 0 Å². The van der Waals surface area contributed by atoms with Gasteiger partial charge in [0.2, 0.25) is 0 Å². The van der Waals surface area contributed by atoms with Gasteiger partial charge in [0, 0.05) is 6.54 Å². The van der Waals surface area contributed by atoms with E-state index in [1.165, 1.54) is 18.2 Å². The molecule has 3 heterocycles. The van der Waals surface area contributed by atoms with Crippen LogP contribution in [0.2, 0.25) is 0 Å². The number of nitrogens with zero attached hydrogens (tertiary/aromatic N) is 2. The molecule has 0 spiro atoms. The first-order chi connectivity index (χ1) is 11.0. The average Bonchev–Trinajstić information content (AvgIpc) is 2.94. The molecule has 0 aromatic heterocycles. The largest absolute Gasteiger partial charge is 0.332 e. The van der Waals surface area contributed by atoms with Crippen molar-refractivity contribution in [1.82, 2.24) is 10.2 Å². The minimum atomic E-state index is -0.503. The second kappa shape index (κ2) is 4.65. The minimum Gasteiger partial charge on any atom is -0.312 e. The normalized spacial score (nSPS) is 26.5. The molecule has 3 aliphatic heterocycles. The van der Waals surface area contributed by atoms with Crippen molar-refractivity contribution in [2.75, 3.05) is 11.4 Å². The first-order valence-electron chi connectivity index (χ1n) is 7.61. The Morgan fingerprint density at radius 2 is 1.83 bits per heavy atom. The zero-order valence-electron chi connectivity index (χ0n) is 12.5. The summed E-state index contributed by atoms with van der Waals surface area (Å²) in [7, 11) is 0. The van der Waals surface area contributed by atoms with E-state index >= 15 is 0 Å². The third kappa shape index (κ3) is 1.89. The Hall–Kier alpha value is -2.70. The summed E-state index contributed by atoms with van der Waals surface area (Å²) in [5.41, 5.74) is 0.807. The fraction of sp³-hybridized carbons (Fsp3) is 0.375. The van der Waals surface area contributed by atoms with Crippen molar-refractivity contribution in [3.8, 4) is 0 Å². The maximum Gasteiger partial charge on any atom is 0.332 e. The zero-order valence-corrected chi connectivity index (χ0v) is 12.5. The highest BCUT2D eigenvalue weighted by Crippen LogP contribution is 2.34. The Kier molecular flexibility index (Phi) is 2.81. The summed E-state index contributed by atoms with van der Waals surface area (Å²) < 4.78 is 0. The number of imide groups is 2. The van der Waals surface area contributed by atoms with Crippen LogP contribution < -0.4 is 10.2 Å². The van der Waals surface area contributed by atoms with Gasteiger partial charge in [0.15, 0.2) is 0 Å². The van der Waals surface area contributed by atoms with Gasteiger partial charge >= 0.3 is 6.03 Å². The SMILES string of the molecule is CC1CCN2C(=O)N(c3ccc4c(c3)C(=O)NC4=O)C(=O)C2C1. The summed E-state index contributed by atoms with van der Waals surface area (Å²) in [5, 5.41) is 2.20. The van der Waals surface area contributed by atoms with Gasteiger partial charge in [-0.1, -0.05) is 6.92 Å².